The highest BCUT2D eigenvalue weighted by molar-refractivity contribution is 9.09. The summed E-state index contributed by atoms with van der Waals surface area (Å²) in [7, 11) is 0. The minimum Gasteiger partial charge on any atom is -0.472 e. The number of alkyl halides is 1. The predicted molar refractivity (Wildman–Crippen MR) is 146 cm³/mol. The highest BCUT2D eigenvalue weighted by Crippen LogP contribution is 2.35. The van der Waals surface area contributed by atoms with Crippen LogP contribution in [0.25, 0.3) is 10.8 Å². The van der Waals surface area contributed by atoms with Crippen LogP contribution in [-0.4, -0.2) is 65.8 Å². The number of aromatic nitrogens is 1. The van der Waals surface area contributed by atoms with Gasteiger partial charge in [-0.25, -0.2) is 14.6 Å². The minimum atomic E-state index is -0.908. The summed E-state index contributed by atoms with van der Waals surface area (Å²) in [5.41, 5.74) is 0.460. The fourth-order valence-electron chi connectivity index (χ4n) is 4.93. The molecule has 1 aromatic carbocycles. The van der Waals surface area contributed by atoms with Crippen LogP contribution in [0.3, 0.4) is 0 Å². The van der Waals surface area contributed by atoms with Gasteiger partial charge in [-0.3, -0.25) is 4.79 Å². The third-order valence-corrected chi connectivity index (χ3v) is 7.94. The van der Waals surface area contributed by atoms with Crippen molar-refractivity contribution in [2.24, 2.45) is 5.41 Å². The van der Waals surface area contributed by atoms with Crippen molar-refractivity contribution in [1.82, 2.24) is 15.2 Å². The van der Waals surface area contributed by atoms with E-state index in [2.05, 4.69) is 38.4 Å². The molecule has 4 atom stereocenters. The smallest absolute Gasteiger partial charge is 0.407 e. The molecule has 0 saturated carbocycles. The Balaban J connectivity index is 1.72. The quantitative estimate of drug-likeness (QED) is 0.392. The van der Waals surface area contributed by atoms with Crippen LogP contribution in [0.15, 0.2) is 30.5 Å². The van der Waals surface area contributed by atoms with E-state index in [0.717, 1.165) is 29.2 Å². The van der Waals surface area contributed by atoms with E-state index < -0.39 is 35.7 Å². The van der Waals surface area contributed by atoms with Crippen LogP contribution in [0, 0.1) is 5.41 Å². The van der Waals surface area contributed by atoms with Gasteiger partial charge in [0.2, 0.25) is 11.8 Å². The van der Waals surface area contributed by atoms with E-state index in [1.165, 1.54) is 4.90 Å². The number of rotatable bonds is 2. The number of fused-ring (bicyclic) bond motifs is 3. The molecule has 38 heavy (non-hydrogen) atoms. The monoisotopic (exact) mass is 589 g/mol. The van der Waals surface area contributed by atoms with Crippen molar-refractivity contribution in [2.45, 2.75) is 76.4 Å². The van der Waals surface area contributed by atoms with Gasteiger partial charge in [0, 0.05) is 22.8 Å². The molecular formula is C28H36BrN3O6. The fraction of sp³-hybridized carbons (Fsp3) is 0.571. The van der Waals surface area contributed by atoms with Gasteiger partial charge in [0.15, 0.2) is 0 Å². The van der Waals surface area contributed by atoms with Crippen LogP contribution in [0.1, 0.15) is 63.8 Å². The maximum absolute atomic E-state index is 13.8. The Bertz CT molecular complexity index is 1180. The van der Waals surface area contributed by atoms with Gasteiger partial charge in [-0.05, 0) is 54.7 Å². The highest BCUT2D eigenvalue weighted by atomic mass is 79.9. The summed E-state index contributed by atoms with van der Waals surface area (Å²) in [5.74, 6) is -0.417. The lowest BCUT2D eigenvalue weighted by Crippen LogP contribution is -2.57. The summed E-state index contributed by atoms with van der Waals surface area (Å²) in [5, 5.41) is 4.61. The van der Waals surface area contributed by atoms with E-state index in [1.807, 2.05) is 32.9 Å². The molecule has 206 valence electrons. The molecule has 1 saturated heterocycles. The van der Waals surface area contributed by atoms with Crippen LogP contribution in [0.5, 0.6) is 5.88 Å². The zero-order chi connectivity index (χ0) is 27.4. The summed E-state index contributed by atoms with van der Waals surface area (Å²) < 4.78 is 17.1. The third kappa shape index (κ3) is 6.39. The zero-order valence-electron chi connectivity index (χ0n) is 22.4. The van der Waals surface area contributed by atoms with Crippen molar-refractivity contribution in [3.05, 3.63) is 36.0 Å². The SMILES string of the molecule is CCOC(=O)[C@@H]1C[C@@H]2CN1C(=O)[C@H](C(C)(C)C)NC(=O)OCCCCC(Br)c1ccc3ccnc(c3c1)O2. The number of halogens is 1. The van der Waals surface area contributed by atoms with Crippen LogP contribution in [0.4, 0.5) is 4.79 Å². The van der Waals surface area contributed by atoms with E-state index in [4.69, 9.17) is 14.2 Å². The maximum Gasteiger partial charge on any atom is 0.407 e. The Labute approximate surface area is 231 Å². The number of amides is 2. The van der Waals surface area contributed by atoms with E-state index in [1.54, 1.807) is 13.1 Å². The number of hydrogen-bond acceptors (Lipinski definition) is 7. The Morgan fingerprint density at radius 2 is 2.03 bits per heavy atom. The third-order valence-electron chi connectivity index (χ3n) is 6.96. The number of esters is 1. The summed E-state index contributed by atoms with van der Waals surface area (Å²) in [6.07, 6.45) is 3.20. The molecule has 4 bridgehead atoms. The first-order valence-electron chi connectivity index (χ1n) is 13.2. The van der Waals surface area contributed by atoms with E-state index in [0.29, 0.717) is 12.3 Å². The zero-order valence-corrected chi connectivity index (χ0v) is 24.0. The molecule has 1 N–H and O–H groups in total. The Hall–Kier alpha value is -2.88. The molecule has 2 aliphatic heterocycles. The van der Waals surface area contributed by atoms with Crippen LogP contribution < -0.4 is 10.1 Å². The van der Waals surface area contributed by atoms with Crippen molar-refractivity contribution in [1.29, 1.82) is 0 Å². The average molecular weight is 591 g/mol. The van der Waals surface area contributed by atoms with Gasteiger partial charge >= 0.3 is 12.1 Å². The minimum absolute atomic E-state index is 0.116. The largest absolute Gasteiger partial charge is 0.472 e. The number of ether oxygens (including phenoxy) is 3. The average Bonchev–Trinajstić information content (AvgIpc) is 3.29. The van der Waals surface area contributed by atoms with E-state index in [-0.39, 0.29) is 36.9 Å². The predicted octanol–water partition coefficient (Wildman–Crippen LogP) is 4.91. The second kappa shape index (κ2) is 11.9. The van der Waals surface area contributed by atoms with Crippen LogP contribution in [0.2, 0.25) is 0 Å². The van der Waals surface area contributed by atoms with Crippen LogP contribution >= 0.6 is 15.9 Å². The number of benzene rings is 1. The second-order valence-corrected chi connectivity index (χ2v) is 12.0. The molecule has 4 rings (SSSR count). The molecule has 1 aromatic heterocycles. The van der Waals surface area contributed by atoms with Crippen LogP contribution in [-0.2, 0) is 19.1 Å². The number of nitrogens with zero attached hydrogens (tertiary/aromatic N) is 2. The van der Waals surface area contributed by atoms with Gasteiger partial charge in [-0.15, -0.1) is 0 Å². The molecule has 10 heteroatoms. The maximum atomic E-state index is 13.8. The first-order valence-corrected chi connectivity index (χ1v) is 14.1. The lowest BCUT2D eigenvalue weighted by Gasteiger charge is -2.34. The van der Waals surface area contributed by atoms with Crippen molar-refractivity contribution in [3.63, 3.8) is 0 Å². The molecule has 2 aliphatic rings. The number of nitrogens with one attached hydrogen (secondary N) is 1. The first kappa shape index (κ1) is 28.1. The lowest BCUT2D eigenvalue weighted by molar-refractivity contribution is -0.154. The van der Waals surface area contributed by atoms with Crippen molar-refractivity contribution >= 4 is 44.7 Å². The standard InChI is InChI=1S/C28H36BrN3O6/c1-5-36-26(34)22-15-19-16-32(22)25(33)23(28(2,3)4)31-27(35)37-13-7-6-8-21(29)18-10-9-17-11-12-30-24(38-19)20(17)14-18/h9-12,14,19,21-23H,5-8,13,15-16H2,1-4H3,(H,31,35)/t19-,21?,22+,23-/m1/s1. The second-order valence-electron chi connectivity index (χ2n) is 10.9. The molecule has 0 spiro atoms. The summed E-state index contributed by atoms with van der Waals surface area (Å²) in [4.78, 5) is 45.5. The molecule has 9 nitrogen and oxygen atoms in total. The van der Waals surface area contributed by atoms with E-state index in [9.17, 15) is 14.4 Å². The lowest BCUT2D eigenvalue weighted by atomic mass is 9.85. The van der Waals surface area contributed by atoms with Gasteiger partial charge in [0.25, 0.3) is 0 Å². The normalized spacial score (nSPS) is 25.2. The number of cyclic esters (lactones) is 1. The van der Waals surface area contributed by atoms with Gasteiger partial charge < -0.3 is 24.4 Å². The molecule has 0 radical (unpaired) electrons. The molecule has 0 aliphatic carbocycles. The number of alkyl carbamates (subject to hydrolysis) is 1. The van der Waals surface area contributed by atoms with Gasteiger partial charge in [0.1, 0.15) is 18.2 Å². The number of pyridine rings is 1. The molecular weight excluding hydrogens is 554 g/mol. The molecule has 1 unspecified atom stereocenters. The summed E-state index contributed by atoms with van der Waals surface area (Å²) >= 11 is 3.79. The number of carbonyl (C=O) groups excluding carboxylic acids is 3. The molecule has 2 aromatic rings. The number of carbonyl (C=O) groups is 3. The summed E-state index contributed by atoms with van der Waals surface area (Å²) in [6, 6.07) is 6.37. The molecule has 2 amide bonds. The number of hydrogen-bond donors (Lipinski definition) is 1. The van der Waals surface area contributed by atoms with Gasteiger partial charge in [-0.1, -0.05) is 48.8 Å². The topological polar surface area (TPSA) is 107 Å². The van der Waals surface area contributed by atoms with Crippen molar-refractivity contribution in [3.8, 4) is 5.88 Å². The first-order chi connectivity index (χ1) is 18.1. The van der Waals surface area contributed by atoms with Crippen molar-refractivity contribution in [2.75, 3.05) is 19.8 Å². The Morgan fingerprint density at radius 3 is 2.76 bits per heavy atom. The van der Waals surface area contributed by atoms with Gasteiger partial charge in [0.05, 0.1) is 19.8 Å². The van der Waals surface area contributed by atoms with E-state index >= 15 is 0 Å². The summed E-state index contributed by atoms with van der Waals surface area (Å²) in [6.45, 7) is 7.90. The van der Waals surface area contributed by atoms with Gasteiger partial charge in [-0.2, -0.15) is 0 Å². The fourth-order valence-corrected chi connectivity index (χ4v) is 5.53. The molecule has 3 heterocycles. The Morgan fingerprint density at radius 1 is 1.24 bits per heavy atom. The van der Waals surface area contributed by atoms with Crippen molar-refractivity contribution < 1.29 is 28.6 Å². The molecule has 1 fully saturated rings. The highest BCUT2D eigenvalue weighted by Gasteiger charge is 2.46. The Kier molecular flexibility index (Phi) is 8.80.